The zero-order chi connectivity index (χ0) is 18.0. The Bertz CT molecular complexity index is 764. The van der Waals surface area contributed by atoms with Crippen LogP contribution < -0.4 is 5.32 Å². The molecule has 1 N–H and O–H groups in total. The molecule has 6 heteroatoms. The topological polar surface area (TPSA) is 67.2 Å². The second kappa shape index (κ2) is 7.09. The summed E-state index contributed by atoms with van der Waals surface area (Å²) in [6.45, 7) is 4.92. The molecule has 25 heavy (non-hydrogen) atoms. The summed E-state index contributed by atoms with van der Waals surface area (Å²) >= 11 is 0. The number of carbonyl (C=O) groups excluding carboxylic acids is 2. The van der Waals surface area contributed by atoms with Crippen LogP contribution in [0.4, 0.5) is 5.69 Å². The Hall–Kier alpha value is -2.63. The van der Waals surface area contributed by atoms with Crippen LogP contribution in [-0.2, 0) is 16.6 Å². The van der Waals surface area contributed by atoms with Gasteiger partial charge in [-0.3, -0.25) is 14.3 Å². The molecule has 3 rings (SSSR count). The maximum atomic E-state index is 12.6. The molecule has 1 aromatic carbocycles. The second-order valence-corrected chi connectivity index (χ2v) is 6.83. The maximum absolute atomic E-state index is 12.6. The first-order valence-corrected chi connectivity index (χ1v) is 8.66. The fourth-order valence-electron chi connectivity index (χ4n) is 3.26. The summed E-state index contributed by atoms with van der Waals surface area (Å²) < 4.78 is 1.58. The smallest absolute Gasteiger partial charge is 0.314 e. The van der Waals surface area contributed by atoms with Gasteiger partial charge >= 0.3 is 11.8 Å². The minimum atomic E-state index is -0.612. The zero-order valence-corrected chi connectivity index (χ0v) is 14.9. The standard InChI is InChI=1S/C19H24N4O2/c1-13(2)14-6-8-15(9-7-14)17-5-4-10-23(17)19(25)18(24)21-16-11-20-22(3)12-16/h6-9,11-13,17H,4-5,10H2,1-3H3,(H,21,24)/t17-/m0/s1. The number of aryl methyl sites for hydroxylation is 1. The first-order chi connectivity index (χ1) is 12.0. The molecule has 0 aliphatic carbocycles. The van der Waals surface area contributed by atoms with Crippen LogP contribution in [0.15, 0.2) is 36.7 Å². The van der Waals surface area contributed by atoms with Crippen molar-refractivity contribution in [2.24, 2.45) is 7.05 Å². The molecular formula is C19H24N4O2. The molecule has 132 valence electrons. The second-order valence-electron chi connectivity index (χ2n) is 6.83. The number of benzene rings is 1. The van der Waals surface area contributed by atoms with Gasteiger partial charge in [0.05, 0.1) is 17.9 Å². The van der Waals surface area contributed by atoms with Gasteiger partial charge in [0, 0.05) is 19.8 Å². The average Bonchev–Trinajstić information content (AvgIpc) is 3.23. The summed E-state index contributed by atoms with van der Waals surface area (Å²) in [6.07, 6.45) is 4.98. The molecule has 2 amide bonds. The molecule has 0 bridgehead atoms. The Morgan fingerprint density at radius 1 is 1.24 bits per heavy atom. The summed E-state index contributed by atoms with van der Waals surface area (Å²) in [4.78, 5) is 26.6. The molecule has 1 aliphatic heterocycles. The van der Waals surface area contributed by atoms with Crippen LogP contribution >= 0.6 is 0 Å². The van der Waals surface area contributed by atoms with Gasteiger partial charge in [0.15, 0.2) is 0 Å². The third-order valence-electron chi connectivity index (χ3n) is 4.66. The highest BCUT2D eigenvalue weighted by Gasteiger charge is 2.33. The fraction of sp³-hybridized carbons (Fsp3) is 0.421. The number of nitrogens with one attached hydrogen (secondary N) is 1. The highest BCUT2D eigenvalue weighted by atomic mass is 16.2. The first-order valence-electron chi connectivity index (χ1n) is 8.66. The van der Waals surface area contributed by atoms with E-state index < -0.39 is 11.8 Å². The van der Waals surface area contributed by atoms with Crippen molar-refractivity contribution in [1.82, 2.24) is 14.7 Å². The fourth-order valence-corrected chi connectivity index (χ4v) is 3.26. The third-order valence-corrected chi connectivity index (χ3v) is 4.66. The van der Waals surface area contributed by atoms with E-state index in [9.17, 15) is 9.59 Å². The largest absolute Gasteiger partial charge is 0.327 e. The summed E-state index contributed by atoms with van der Waals surface area (Å²) in [6, 6.07) is 8.33. The lowest BCUT2D eigenvalue weighted by Crippen LogP contribution is -2.39. The number of nitrogens with zero attached hydrogens (tertiary/aromatic N) is 3. The van der Waals surface area contributed by atoms with E-state index in [1.807, 2.05) is 0 Å². The van der Waals surface area contributed by atoms with Crippen molar-refractivity contribution in [1.29, 1.82) is 0 Å². The van der Waals surface area contributed by atoms with E-state index in [0.29, 0.717) is 18.2 Å². The number of hydrogen-bond donors (Lipinski definition) is 1. The predicted octanol–water partition coefficient (Wildman–Crippen LogP) is 2.85. The van der Waals surface area contributed by atoms with E-state index >= 15 is 0 Å². The van der Waals surface area contributed by atoms with Crippen LogP contribution in [0.3, 0.4) is 0 Å². The van der Waals surface area contributed by atoms with Gasteiger partial charge in [-0.1, -0.05) is 38.1 Å². The number of amides is 2. The summed E-state index contributed by atoms with van der Waals surface area (Å²) in [5.41, 5.74) is 2.89. The van der Waals surface area contributed by atoms with Crippen molar-refractivity contribution in [2.45, 2.75) is 38.6 Å². The molecule has 2 aromatic rings. The van der Waals surface area contributed by atoms with Gasteiger partial charge in [0.2, 0.25) is 0 Å². The molecule has 1 fully saturated rings. The molecule has 0 unspecified atom stereocenters. The van der Waals surface area contributed by atoms with Crippen LogP contribution in [0.2, 0.25) is 0 Å². The van der Waals surface area contributed by atoms with Gasteiger partial charge in [-0.2, -0.15) is 5.10 Å². The molecule has 6 nitrogen and oxygen atoms in total. The van der Waals surface area contributed by atoms with Crippen LogP contribution in [0.25, 0.3) is 0 Å². The van der Waals surface area contributed by atoms with Gasteiger partial charge in [-0.05, 0) is 29.9 Å². The van der Waals surface area contributed by atoms with Crippen LogP contribution in [0.1, 0.15) is 49.8 Å². The molecule has 0 radical (unpaired) electrons. The Labute approximate surface area is 147 Å². The van der Waals surface area contributed by atoms with Gasteiger partial charge in [0.1, 0.15) is 0 Å². The Balaban J connectivity index is 1.71. The quantitative estimate of drug-likeness (QED) is 0.874. The van der Waals surface area contributed by atoms with Gasteiger partial charge in [0.25, 0.3) is 0 Å². The molecular weight excluding hydrogens is 316 g/mol. The number of carbonyl (C=O) groups is 2. The van der Waals surface area contributed by atoms with E-state index in [0.717, 1.165) is 18.4 Å². The van der Waals surface area contributed by atoms with Crippen molar-refractivity contribution in [3.63, 3.8) is 0 Å². The summed E-state index contributed by atoms with van der Waals surface area (Å²) in [7, 11) is 1.76. The maximum Gasteiger partial charge on any atom is 0.314 e. The molecule has 1 aliphatic rings. The van der Waals surface area contributed by atoms with Gasteiger partial charge in [-0.25, -0.2) is 0 Å². The summed E-state index contributed by atoms with van der Waals surface area (Å²) in [5, 5.41) is 6.61. The molecule has 1 saturated heterocycles. The minimum Gasteiger partial charge on any atom is -0.327 e. The van der Waals surface area contributed by atoms with Gasteiger partial charge < -0.3 is 10.2 Å². The van der Waals surface area contributed by atoms with E-state index in [1.165, 1.54) is 11.8 Å². The SMILES string of the molecule is CC(C)c1ccc([C@@H]2CCCN2C(=O)C(=O)Nc2cnn(C)c2)cc1. The molecule has 0 spiro atoms. The lowest BCUT2D eigenvalue weighted by molar-refractivity contribution is -0.143. The lowest BCUT2D eigenvalue weighted by Gasteiger charge is -2.24. The number of likely N-dealkylation sites (tertiary alicyclic amines) is 1. The average molecular weight is 340 g/mol. The number of anilines is 1. The molecule has 1 aromatic heterocycles. The monoisotopic (exact) mass is 340 g/mol. The third kappa shape index (κ3) is 3.73. The van der Waals surface area contributed by atoms with Crippen molar-refractivity contribution < 1.29 is 9.59 Å². The number of aromatic nitrogens is 2. The minimum absolute atomic E-state index is 0.0339. The number of rotatable bonds is 3. The molecule has 2 heterocycles. The van der Waals surface area contributed by atoms with E-state index in [2.05, 4.69) is 48.5 Å². The number of hydrogen-bond acceptors (Lipinski definition) is 3. The zero-order valence-electron chi connectivity index (χ0n) is 14.9. The lowest BCUT2D eigenvalue weighted by atomic mass is 9.98. The normalized spacial score (nSPS) is 17.1. The molecule has 1 atom stereocenters. The van der Waals surface area contributed by atoms with E-state index in [1.54, 1.807) is 22.8 Å². The predicted molar refractivity (Wildman–Crippen MR) is 96.1 cm³/mol. The van der Waals surface area contributed by atoms with Crippen molar-refractivity contribution in [3.05, 3.63) is 47.8 Å². The van der Waals surface area contributed by atoms with Crippen LogP contribution in [0, 0.1) is 0 Å². The first kappa shape index (κ1) is 17.2. The van der Waals surface area contributed by atoms with Crippen molar-refractivity contribution in [3.8, 4) is 0 Å². The highest BCUT2D eigenvalue weighted by Crippen LogP contribution is 2.32. The van der Waals surface area contributed by atoms with E-state index in [-0.39, 0.29) is 6.04 Å². The molecule has 0 saturated carbocycles. The Morgan fingerprint density at radius 3 is 2.56 bits per heavy atom. The Kier molecular flexibility index (Phi) is 4.88. The highest BCUT2D eigenvalue weighted by molar-refractivity contribution is 6.39. The van der Waals surface area contributed by atoms with Crippen LogP contribution in [0.5, 0.6) is 0 Å². The summed E-state index contributed by atoms with van der Waals surface area (Å²) in [5.74, 6) is -0.626. The Morgan fingerprint density at radius 2 is 1.96 bits per heavy atom. The van der Waals surface area contributed by atoms with Crippen molar-refractivity contribution in [2.75, 3.05) is 11.9 Å². The van der Waals surface area contributed by atoms with Gasteiger partial charge in [-0.15, -0.1) is 0 Å². The van der Waals surface area contributed by atoms with E-state index in [4.69, 9.17) is 0 Å². The van der Waals surface area contributed by atoms with Crippen molar-refractivity contribution >= 4 is 17.5 Å². The van der Waals surface area contributed by atoms with Crippen LogP contribution in [-0.4, -0.2) is 33.0 Å².